The maximum absolute atomic E-state index is 13.1. The van der Waals surface area contributed by atoms with Gasteiger partial charge in [0.1, 0.15) is 18.2 Å². The zero-order valence-corrected chi connectivity index (χ0v) is 16.3. The molecule has 0 unspecified atom stereocenters. The minimum Gasteiger partial charge on any atom is -0.489 e. The van der Waals surface area contributed by atoms with E-state index in [4.69, 9.17) is 16.3 Å². The summed E-state index contributed by atoms with van der Waals surface area (Å²) in [6, 6.07) is 12.1. The highest BCUT2D eigenvalue weighted by Crippen LogP contribution is 2.20. The lowest BCUT2D eigenvalue weighted by molar-refractivity contribution is 0.306. The SMILES string of the molecule is Cn1nnnc1SCCNCc1ccc(OCc2ccc(F)cc2Cl)cc1. The molecule has 0 radical (unpaired) electrons. The molecule has 0 amide bonds. The first-order valence-corrected chi connectivity index (χ1v) is 9.70. The van der Waals surface area contributed by atoms with E-state index in [1.807, 2.05) is 31.3 Å². The van der Waals surface area contributed by atoms with Crippen LogP contribution in [-0.4, -0.2) is 32.5 Å². The Morgan fingerprint density at radius 1 is 1.22 bits per heavy atom. The number of rotatable bonds is 9. The van der Waals surface area contributed by atoms with E-state index in [2.05, 4.69) is 20.8 Å². The molecule has 2 aromatic carbocycles. The minimum absolute atomic E-state index is 0.296. The number of hydrogen-bond acceptors (Lipinski definition) is 6. The number of aromatic nitrogens is 4. The standard InChI is InChI=1S/C18H19ClFN5OS/c1-25-18(22-23-24-25)27-9-8-21-11-13-2-6-16(7-3-13)26-12-14-4-5-15(20)10-17(14)19/h2-7,10,21H,8-9,11-12H2,1H3. The Labute approximate surface area is 166 Å². The molecule has 3 aromatic rings. The lowest BCUT2D eigenvalue weighted by Crippen LogP contribution is -2.16. The van der Waals surface area contributed by atoms with Crippen LogP contribution in [-0.2, 0) is 20.2 Å². The first-order chi connectivity index (χ1) is 13.1. The summed E-state index contributed by atoms with van der Waals surface area (Å²) in [5.74, 6) is 1.27. The Balaban J connectivity index is 1.38. The third kappa shape index (κ3) is 5.92. The number of aryl methyl sites for hydroxylation is 1. The van der Waals surface area contributed by atoms with Crippen molar-refractivity contribution in [1.82, 2.24) is 25.5 Å². The summed E-state index contributed by atoms with van der Waals surface area (Å²) in [6.45, 7) is 1.91. The highest BCUT2D eigenvalue weighted by molar-refractivity contribution is 7.99. The highest BCUT2D eigenvalue weighted by atomic mass is 35.5. The topological polar surface area (TPSA) is 64.9 Å². The summed E-state index contributed by atoms with van der Waals surface area (Å²) in [7, 11) is 1.82. The minimum atomic E-state index is -0.354. The summed E-state index contributed by atoms with van der Waals surface area (Å²) in [5, 5.41) is 15.9. The Kier molecular flexibility index (Phi) is 7.03. The molecule has 1 heterocycles. The molecular formula is C18H19ClFN5OS. The fraction of sp³-hybridized carbons (Fsp3) is 0.278. The van der Waals surface area contributed by atoms with Crippen LogP contribution < -0.4 is 10.1 Å². The predicted molar refractivity (Wildman–Crippen MR) is 103 cm³/mol. The molecule has 0 bridgehead atoms. The van der Waals surface area contributed by atoms with Crippen LogP contribution in [0.4, 0.5) is 4.39 Å². The lowest BCUT2D eigenvalue weighted by atomic mass is 10.2. The van der Waals surface area contributed by atoms with Gasteiger partial charge < -0.3 is 10.1 Å². The molecule has 0 saturated heterocycles. The van der Waals surface area contributed by atoms with E-state index >= 15 is 0 Å². The second-order valence-electron chi connectivity index (χ2n) is 5.78. The molecule has 142 valence electrons. The largest absolute Gasteiger partial charge is 0.489 e. The average Bonchev–Trinajstić information content (AvgIpc) is 3.07. The van der Waals surface area contributed by atoms with E-state index in [9.17, 15) is 4.39 Å². The molecule has 0 fully saturated rings. The number of nitrogens with zero attached hydrogens (tertiary/aromatic N) is 4. The van der Waals surface area contributed by atoms with Gasteiger partial charge in [-0.1, -0.05) is 41.6 Å². The van der Waals surface area contributed by atoms with Gasteiger partial charge in [-0.3, -0.25) is 0 Å². The average molecular weight is 408 g/mol. The van der Waals surface area contributed by atoms with Crippen molar-refractivity contribution in [3.63, 3.8) is 0 Å². The molecule has 9 heteroatoms. The van der Waals surface area contributed by atoms with Gasteiger partial charge in [0.25, 0.3) is 0 Å². The Morgan fingerprint density at radius 2 is 2.04 bits per heavy atom. The molecule has 3 rings (SSSR count). The van der Waals surface area contributed by atoms with Crippen LogP contribution >= 0.6 is 23.4 Å². The van der Waals surface area contributed by atoms with E-state index in [1.165, 1.54) is 12.1 Å². The van der Waals surface area contributed by atoms with Crippen LogP contribution in [0.15, 0.2) is 47.6 Å². The Hall–Kier alpha value is -2.16. The molecule has 0 saturated carbocycles. The van der Waals surface area contributed by atoms with Gasteiger partial charge in [0.05, 0.1) is 5.02 Å². The fourth-order valence-electron chi connectivity index (χ4n) is 2.29. The Morgan fingerprint density at radius 3 is 2.74 bits per heavy atom. The van der Waals surface area contributed by atoms with Crippen molar-refractivity contribution in [3.05, 3.63) is 64.4 Å². The molecule has 0 aliphatic carbocycles. The van der Waals surface area contributed by atoms with Crippen molar-refractivity contribution in [2.24, 2.45) is 7.05 Å². The van der Waals surface area contributed by atoms with E-state index in [1.54, 1.807) is 22.5 Å². The van der Waals surface area contributed by atoms with Gasteiger partial charge in [-0.25, -0.2) is 9.07 Å². The van der Waals surface area contributed by atoms with Crippen LogP contribution in [0, 0.1) is 5.82 Å². The van der Waals surface area contributed by atoms with Crippen molar-refractivity contribution >= 4 is 23.4 Å². The molecule has 1 aromatic heterocycles. The van der Waals surface area contributed by atoms with Crippen LogP contribution in [0.25, 0.3) is 0 Å². The number of ether oxygens (including phenoxy) is 1. The number of nitrogens with one attached hydrogen (secondary N) is 1. The normalized spacial score (nSPS) is 10.9. The summed E-state index contributed by atoms with van der Waals surface area (Å²) in [5.41, 5.74) is 1.91. The smallest absolute Gasteiger partial charge is 0.209 e. The molecule has 0 spiro atoms. The van der Waals surface area contributed by atoms with Crippen molar-refractivity contribution in [1.29, 1.82) is 0 Å². The van der Waals surface area contributed by atoms with Crippen molar-refractivity contribution in [2.75, 3.05) is 12.3 Å². The maximum Gasteiger partial charge on any atom is 0.209 e. The molecular weight excluding hydrogens is 389 g/mol. The summed E-state index contributed by atoms with van der Waals surface area (Å²) in [4.78, 5) is 0. The number of halogens is 2. The molecule has 0 aliphatic rings. The van der Waals surface area contributed by atoms with Crippen LogP contribution in [0.3, 0.4) is 0 Å². The van der Waals surface area contributed by atoms with E-state index < -0.39 is 0 Å². The molecule has 27 heavy (non-hydrogen) atoms. The zero-order chi connectivity index (χ0) is 19.1. The van der Waals surface area contributed by atoms with E-state index in [0.29, 0.717) is 11.6 Å². The number of hydrogen-bond donors (Lipinski definition) is 1. The third-order valence-electron chi connectivity index (χ3n) is 3.75. The van der Waals surface area contributed by atoms with Crippen molar-refractivity contribution in [2.45, 2.75) is 18.3 Å². The molecule has 1 N–H and O–H groups in total. The molecule has 6 nitrogen and oxygen atoms in total. The first kappa shape index (κ1) is 19.6. The fourth-order valence-corrected chi connectivity index (χ4v) is 3.26. The maximum atomic E-state index is 13.1. The second-order valence-corrected chi connectivity index (χ2v) is 7.25. The number of tetrazole rings is 1. The summed E-state index contributed by atoms with van der Waals surface area (Å²) in [6.07, 6.45) is 0. The van der Waals surface area contributed by atoms with Crippen LogP contribution in [0.5, 0.6) is 5.75 Å². The van der Waals surface area contributed by atoms with Gasteiger partial charge >= 0.3 is 0 Å². The Bertz CT molecular complexity index is 874. The number of benzene rings is 2. The highest BCUT2D eigenvalue weighted by Gasteiger charge is 2.04. The van der Waals surface area contributed by atoms with Gasteiger partial charge in [0.2, 0.25) is 5.16 Å². The zero-order valence-electron chi connectivity index (χ0n) is 14.7. The van der Waals surface area contributed by atoms with Crippen molar-refractivity contribution < 1.29 is 9.13 Å². The molecule has 0 atom stereocenters. The summed E-state index contributed by atoms with van der Waals surface area (Å²) < 4.78 is 20.4. The number of thioether (sulfide) groups is 1. The van der Waals surface area contributed by atoms with Gasteiger partial charge in [0.15, 0.2) is 0 Å². The van der Waals surface area contributed by atoms with Crippen molar-refractivity contribution in [3.8, 4) is 5.75 Å². The third-order valence-corrected chi connectivity index (χ3v) is 5.12. The lowest BCUT2D eigenvalue weighted by Gasteiger charge is -2.09. The first-order valence-electron chi connectivity index (χ1n) is 8.33. The summed E-state index contributed by atoms with van der Waals surface area (Å²) >= 11 is 7.61. The van der Waals surface area contributed by atoms with Gasteiger partial charge in [-0.15, -0.1) is 5.10 Å². The van der Waals surface area contributed by atoms with E-state index in [-0.39, 0.29) is 5.82 Å². The van der Waals surface area contributed by atoms with E-state index in [0.717, 1.165) is 40.9 Å². The second kappa shape index (κ2) is 9.68. The predicted octanol–water partition coefficient (Wildman–Crippen LogP) is 3.46. The van der Waals surface area contributed by atoms with Crippen LogP contribution in [0.2, 0.25) is 5.02 Å². The van der Waals surface area contributed by atoms with Gasteiger partial charge in [-0.05, 0) is 40.3 Å². The molecule has 0 aliphatic heterocycles. The van der Waals surface area contributed by atoms with Gasteiger partial charge in [-0.2, -0.15) is 0 Å². The van der Waals surface area contributed by atoms with Gasteiger partial charge in [0, 0.05) is 31.5 Å². The quantitative estimate of drug-likeness (QED) is 0.433. The van der Waals surface area contributed by atoms with Crippen LogP contribution in [0.1, 0.15) is 11.1 Å². The monoisotopic (exact) mass is 407 g/mol.